The van der Waals surface area contributed by atoms with Crippen LogP contribution < -0.4 is 10.6 Å². The van der Waals surface area contributed by atoms with Gasteiger partial charge < -0.3 is 10.6 Å². The lowest BCUT2D eigenvalue weighted by Crippen LogP contribution is -2.48. The van der Waals surface area contributed by atoms with Gasteiger partial charge in [-0.05, 0) is 92.1 Å². The molecular formula is C20H22ClF3N2OS. The second-order valence-electron chi connectivity index (χ2n) is 8.78. The number of anilines is 1. The van der Waals surface area contributed by atoms with E-state index in [1.54, 1.807) is 0 Å². The quantitative estimate of drug-likeness (QED) is 0.597. The number of hydrogen-bond acceptors (Lipinski definition) is 2. The highest BCUT2D eigenvalue weighted by molar-refractivity contribution is 7.80. The summed E-state index contributed by atoms with van der Waals surface area (Å²) in [6.45, 7) is 0. The van der Waals surface area contributed by atoms with Crippen LogP contribution in [0.5, 0.6) is 0 Å². The molecule has 0 atom stereocenters. The molecule has 8 heteroatoms. The molecule has 0 aromatic heterocycles. The van der Waals surface area contributed by atoms with Crippen molar-refractivity contribution < 1.29 is 18.0 Å². The third-order valence-electron chi connectivity index (χ3n) is 6.49. The number of alkyl halides is 3. The maximum absolute atomic E-state index is 13.2. The highest BCUT2D eigenvalue weighted by Gasteiger charge is 2.51. The fraction of sp³-hybridized carbons (Fsp3) is 0.600. The Kier molecular flexibility index (Phi) is 5.11. The van der Waals surface area contributed by atoms with Gasteiger partial charge in [0.25, 0.3) is 0 Å². The molecule has 1 aromatic rings. The van der Waals surface area contributed by atoms with E-state index in [1.165, 1.54) is 31.4 Å². The average molecular weight is 431 g/mol. The number of rotatable bonds is 3. The normalized spacial score (nSPS) is 30.9. The number of hydrogen-bond donors (Lipinski definition) is 2. The molecule has 4 aliphatic carbocycles. The van der Waals surface area contributed by atoms with Gasteiger partial charge in [0, 0.05) is 11.4 Å². The average Bonchev–Trinajstić information content (AvgIpc) is 2.53. The van der Waals surface area contributed by atoms with Crippen molar-refractivity contribution in [1.82, 2.24) is 5.32 Å². The van der Waals surface area contributed by atoms with Gasteiger partial charge in [0.05, 0.1) is 11.3 Å². The molecule has 0 spiro atoms. The number of benzene rings is 1. The minimum Gasteiger partial charge on any atom is -0.332 e. The number of carbonyl (C=O) groups excluding carboxylic acids is 1. The lowest BCUT2D eigenvalue weighted by Gasteiger charge is -2.56. The molecule has 0 aliphatic heterocycles. The Morgan fingerprint density at radius 3 is 2.25 bits per heavy atom. The van der Waals surface area contributed by atoms with Gasteiger partial charge in [0.1, 0.15) is 0 Å². The summed E-state index contributed by atoms with van der Waals surface area (Å²) in [6, 6.07) is 3.39. The second-order valence-corrected chi connectivity index (χ2v) is 9.63. The first-order chi connectivity index (χ1) is 13.1. The van der Waals surface area contributed by atoms with Crippen molar-refractivity contribution >= 4 is 40.5 Å². The SMILES string of the molecule is O=C(CC12CC3CC(CC(C3)C1)C2)NC(=S)Nc1ccc(Cl)cc1C(F)(F)F. The first kappa shape index (κ1) is 20.0. The molecule has 4 saturated carbocycles. The molecule has 3 nitrogen and oxygen atoms in total. The zero-order valence-corrected chi connectivity index (χ0v) is 16.8. The van der Waals surface area contributed by atoms with Crippen LogP contribution in [0.2, 0.25) is 5.02 Å². The molecule has 0 unspecified atom stereocenters. The Labute approximate surface area is 172 Å². The highest BCUT2D eigenvalue weighted by Crippen LogP contribution is 2.61. The lowest BCUT2D eigenvalue weighted by atomic mass is 9.49. The Hall–Kier alpha value is -1.34. The van der Waals surface area contributed by atoms with Crippen molar-refractivity contribution in [1.29, 1.82) is 0 Å². The molecule has 152 valence electrons. The van der Waals surface area contributed by atoms with Crippen LogP contribution in [0, 0.1) is 23.2 Å². The Morgan fingerprint density at radius 2 is 1.71 bits per heavy atom. The number of thiocarbonyl (C=S) groups is 1. The van der Waals surface area contributed by atoms with Crippen LogP contribution in [0.4, 0.5) is 18.9 Å². The zero-order valence-electron chi connectivity index (χ0n) is 15.2. The highest BCUT2D eigenvalue weighted by atomic mass is 35.5. The summed E-state index contributed by atoms with van der Waals surface area (Å²) >= 11 is 10.8. The monoisotopic (exact) mass is 430 g/mol. The third kappa shape index (κ3) is 4.15. The first-order valence-corrected chi connectivity index (χ1v) is 10.4. The predicted molar refractivity (Wildman–Crippen MR) is 106 cm³/mol. The minimum absolute atomic E-state index is 0.0188. The van der Waals surface area contributed by atoms with Crippen molar-refractivity contribution in [2.75, 3.05) is 5.32 Å². The molecular weight excluding hydrogens is 409 g/mol. The summed E-state index contributed by atoms with van der Waals surface area (Å²) < 4.78 is 39.6. The molecule has 1 aromatic carbocycles. The summed E-state index contributed by atoms with van der Waals surface area (Å²) in [5.74, 6) is 1.97. The molecule has 2 N–H and O–H groups in total. The van der Waals surface area contributed by atoms with Gasteiger partial charge >= 0.3 is 6.18 Å². The molecule has 28 heavy (non-hydrogen) atoms. The van der Waals surface area contributed by atoms with E-state index in [0.29, 0.717) is 6.42 Å². The van der Waals surface area contributed by atoms with E-state index in [0.717, 1.165) is 43.1 Å². The topological polar surface area (TPSA) is 41.1 Å². The largest absolute Gasteiger partial charge is 0.418 e. The summed E-state index contributed by atoms with van der Waals surface area (Å²) in [4.78, 5) is 12.6. The third-order valence-corrected chi connectivity index (χ3v) is 6.93. The molecule has 0 saturated heterocycles. The van der Waals surface area contributed by atoms with Gasteiger partial charge in [-0.25, -0.2) is 0 Å². The van der Waals surface area contributed by atoms with E-state index in [1.807, 2.05) is 0 Å². The standard InChI is InChI=1S/C20H22ClF3N2OS/c21-14-1-2-16(15(6-14)20(22,23)24)25-18(28)26-17(27)10-19-7-11-3-12(8-19)5-13(4-11)9-19/h1-2,6,11-13H,3-5,7-10H2,(H2,25,26,27,28). The second kappa shape index (κ2) is 7.17. The van der Waals surface area contributed by atoms with Crippen molar-refractivity contribution in [3.8, 4) is 0 Å². The van der Waals surface area contributed by atoms with Gasteiger partial charge in [-0.15, -0.1) is 0 Å². The number of nitrogens with one attached hydrogen (secondary N) is 2. The van der Waals surface area contributed by atoms with E-state index in [-0.39, 0.29) is 27.1 Å². The lowest BCUT2D eigenvalue weighted by molar-refractivity contribution is -0.137. The number of halogens is 4. The van der Waals surface area contributed by atoms with Crippen LogP contribution in [0.15, 0.2) is 18.2 Å². The summed E-state index contributed by atoms with van der Waals surface area (Å²) in [7, 11) is 0. The fourth-order valence-corrected chi connectivity index (χ4v) is 6.43. The van der Waals surface area contributed by atoms with E-state index in [2.05, 4.69) is 10.6 Å². The Balaban J connectivity index is 1.39. The van der Waals surface area contributed by atoms with Gasteiger partial charge in [0.2, 0.25) is 5.91 Å². The van der Waals surface area contributed by atoms with Crippen molar-refractivity contribution in [2.24, 2.45) is 23.2 Å². The first-order valence-electron chi connectivity index (χ1n) is 9.59. The van der Waals surface area contributed by atoms with Crippen LogP contribution >= 0.6 is 23.8 Å². The minimum atomic E-state index is -4.58. The Morgan fingerprint density at radius 1 is 1.14 bits per heavy atom. The van der Waals surface area contributed by atoms with E-state index in [9.17, 15) is 18.0 Å². The molecule has 4 aliphatic rings. The van der Waals surface area contributed by atoms with Crippen LogP contribution in [-0.2, 0) is 11.0 Å². The maximum Gasteiger partial charge on any atom is 0.418 e. The van der Waals surface area contributed by atoms with Gasteiger partial charge in [-0.2, -0.15) is 13.2 Å². The van der Waals surface area contributed by atoms with Gasteiger partial charge in [-0.1, -0.05) is 11.6 Å². The van der Waals surface area contributed by atoms with Crippen molar-refractivity contribution in [3.05, 3.63) is 28.8 Å². The molecule has 4 bridgehead atoms. The maximum atomic E-state index is 13.2. The smallest absolute Gasteiger partial charge is 0.332 e. The van der Waals surface area contributed by atoms with E-state index in [4.69, 9.17) is 23.8 Å². The molecule has 0 radical (unpaired) electrons. The van der Waals surface area contributed by atoms with Gasteiger partial charge in [0.15, 0.2) is 5.11 Å². The number of carbonyl (C=O) groups is 1. The van der Waals surface area contributed by atoms with E-state index < -0.39 is 11.7 Å². The van der Waals surface area contributed by atoms with Crippen LogP contribution in [-0.4, -0.2) is 11.0 Å². The van der Waals surface area contributed by atoms with Crippen molar-refractivity contribution in [3.63, 3.8) is 0 Å². The molecule has 4 fully saturated rings. The summed E-state index contributed by atoms with van der Waals surface area (Å²) in [6.07, 6.45) is 2.94. The van der Waals surface area contributed by atoms with Crippen LogP contribution in [0.3, 0.4) is 0 Å². The van der Waals surface area contributed by atoms with Crippen molar-refractivity contribution in [2.45, 2.75) is 51.1 Å². The van der Waals surface area contributed by atoms with Crippen LogP contribution in [0.1, 0.15) is 50.5 Å². The van der Waals surface area contributed by atoms with Gasteiger partial charge in [-0.3, -0.25) is 4.79 Å². The van der Waals surface area contributed by atoms with Crippen LogP contribution in [0.25, 0.3) is 0 Å². The number of amides is 1. The summed E-state index contributed by atoms with van der Waals surface area (Å²) in [5, 5.41) is 4.94. The summed E-state index contributed by atoms with van der Waals surface area (Å²) in [5.41, 5.74) is -1.10. The molecule has 5 rings (SSSR count). The molecule has 0 heterocycles. The fourth-order valence-electron chi connectivity index (χ4n) is 6.03. The Bertz CT molecular complexity index is 776. The molecule has 1 amide bonds. The predicted octanol–water partition coefficient (Wildman–Crippen LogP) is 5.78. The van der Waals surface area contributed by atoms with E-state index >= 15 is 0 Å². The zero-order chi connectivity index (χ0) is 20.1.